The van der Waals surface area contributed by atoms with Gasteiger partial charge in [0.05, 0.1) is 18.1 Å². The molecule has 0 atom stereocenters. The van der Waals surface area contributed by atoms with Gasteiger partial charge >= 0.3 is 0 Å². The molecule has 2 aliphatic rings. The summed E-state index contributed by atoms with van der Waals surface area (Å²) in [6, 6.07) is 4.50. The fraction of sp³-hybridized carbons (Fsp3) is 0.591. The topological polar surface area (TPSA) is 133 Å². The van der Waals surface area contributed by atoms with Crippen molar-refractivity contribution in [3.05, 3.63) is 29.9 Å². The van der Waals surface area contributed by atoms with Crippen molar-refractivity contribution in [2.45, 2.75) is 68.7 Å². The molecule has 1 aromatic heterocycles. The van der Waals surface area contributed by atoms with Gasteiger partial charge in [-0.25, -0.2) is 13.1 Å². The van der Waals surface area contributed by atoms with Crippen molar-refractivity contribution < 1.29 is 27.2 Å². The molecule has 11 heteroatoms. The minimum Gasteiger partial charge on any atom is -0.490 e. The first-order chi connectivity index (χ1) is 15.9. The van der Waals surface area contributed by atoms with Crippen molar-refractivity contribution in [2.24, 2.45) is 0 Å². The Kier molecular flexibility index (Phi) is 7.18. The van der Waals surface area contributed by atoms with Gasteiger partial charge in [0.25, 0.3) is 0 Å². The number of aryl methyl sites for hydroxylation is 1. The molecule has 0 radical (unpaired) electrons. The van der Waals surface area contributed by atoms with Gasteiger partial charge in [-0.05, 0) is 25.0 Å². The SMILES string of the molecule is Cc1nc(C2(NC(=O)CCNS(=O)(=O)c3ccc4c(c3)OCCCO4)CCCCCC2)no1. The van der Waals surface area contributed by atoms with Crippen LogP contribution in [-0.2, 0) is 20.4 Å². The van der Waals surface area contributed by atoms with Crippen LogP contribution in [0.25, 0.3) is 0 Å². The molecule has 0 spiro atoms. The molecule has 0 unspecified atom stereocenters. The number of hydrogen-bond donors (Lipinski definition) is 2. The van der Waals surface area contributed by atoms with Crippen LogP contribution < -0.4 is 19.5 Å². The third kappa shape index (κ3) is 5.64. The molecule has 1 fully saturated rings. The van der Waals surface area contributed by atoms with Crippen molar-refractivity contribution in [2.75, 3.05) is 19.8 Å². The first-order valence-corrected chi connectivity index (χ1v) is 12.9. The van der Waals surface area contributed by atoms with E-state index in [4.69, 9.17) is 14.0 Å². The van der Waals surface area contributed by atoms with E-state index in [1.165, 1.54) is 12.1 Å². The molecule has 1 aliphatic carbocycles. The van der Waals surface area contributed by atoms with E-state index in [-0.39, 0.29) is 23.8 Å². The molecule has 1 amide bonds. The molecular formula is C22H30N4O6S. The van der Waals surface area contributed by atoms with Gasteiger partial charge in [0, 0.05) is 32.4 Å². The quantitative estimate of drug-likeness (QED) is 0.580. The molecule has 0 saturated heterocycles. The minimum absolute atomic E-state index is 0.0115. The van der Waals surface area contributed by atoms with E-state index in [0.29, 0.717) is 36.4 Å². The summed E-state index contributed by atoms with van der Waals surface area (Å²) in [5.41, 5.74) is -0.682. The number of rotatable bonds is 7. The number of benzene rings is 1. The zero-order valence-electron chi connectivity index (χ0n) is 18.8. The smallest absolute Gasteiger partial charge is 0.240 e. The summed E-state index contributed by atoms with van der Waals surface area (Å²) in [6.45, 7) is 2.67. The van der Waals surface area contributed by atoms with Crippen molar-refractivity contribution in [3.63, 3.8) is 0 Å². The third-order valence-electron chi connectivity index (χ3n) is 5.96. The molecule has 1 aromatic carbocycles. The lowest BCUT2D eigenvalue weighted by atomic mass is 9.89. The molecule has 4 rings (SSSR count). The summed E-state index contributed by atoms with van der Waals surface area (Å²) in [6.07, 6.45) is 6.24. The summed E-state index contributed by atoms with van der Waals surface area (Å²) in [5, 5.41) is 7.15. The molecule has 2 aromatic rings. The number of nitrogens with one attached hydrogen (secondary N) is 2. The van der Waals surface area contributed by atoms with E-state index in [1.54, 1.807) is 13.0 Å². The molecule has 1 saturated carbocycles. The number of sulfonamides is 1. The van der Waals surface area contributed by atoms with Crippen molar-refractivity contribution in [1.82, 2.24) is 20.2 Å². The second kappa shape index (κ2) is 10.1. The van der Waals surface area contributed by atoms with Crippen LogP contribution in [0.2, 0.25) is 0 Å². The van der Waals surface area contributed by atoms with Crippen LogP contribution in [0.5, 0.6) is 11.5 Å². The average molecular weight is 479 g/mol. The second-order valence-electron chi connectivity index (χ2n) is 8.49. The zero-order valence-corrected chi connectivity index (χ0v) is 19.6. The van der Waals surface area contributed by atoms with Gasteiger partial charge in [0.2, 0.25) is 21.8 Å². The Labute approximate surface area is 193 Å². The molecule has 180 valence electrons. The maximum absolute atomic E-state index is 12.8. The molecule has 2 heterocycles. The summed E-state index contributed by atoms with van der Waals surface area (Å²) >= 11 is 0. The Morgan fingerprint density at radius 1 is 1.06 bits per heavy atom. The molecule has 2 N–H and O–H groups in total. The van der Waals surface area contributed by atoms with Crippen LogP contribution in [0, 0.1) is 6.92 Å². The van der Waals surface area contributed by atoms with Crippen LogP contribution in [-0.4, -0.2) is 44.2 Å². The first-order valence-electron chi connectivity index (χ1n) is 11.4. The number of ether oxygens (including phenoxy) is 2. The number of carbonyl (C=O) groups is 1. The van der Waals surface area contributed by atoms with E-state index in [1.807, 2.05) is 0 Å². The summed E-state index contributed by atoms with van der Waals surface area (Å²) < 4.78 is 44.3. The van der Waals surface area contributed by atoms with Gasteiger partial charge in [0.15, 0.2) is 17.3 Å². The van der Waals surface area contributed by atoms with E-state index in [0.717, 1.165) is 44.9 Å². The lowest BCUT2D eigenvalue weighted by Crippen LogP contribution is -2.47. The van der Waals surface area contributed by atoms with Gasteiger partial charge in [-0.2, -0.15) is 4.98 Å². The summed E-state index contributed by atoms with van der Waals surface area (Å²) in [5.74, 6) is 1.60. The highest BCUT2D eigenvalue weighted by Gasteiger charge is 2.38. The number of nitrogens with zero attached hydrogens (tertiary/aromatic N) is 2. The molecular weight excluding hydrogens is 448 g/mol. The number of fused-ring (bicyclic) bond motifs is 1. The monoisotopic (exact) mass is 478 g/mol. The van der Waals surface area contributed by atoms with Crippen LogP contribution in [0.4, 0.5) is 0 Å². The van der Waals surface area contributed by atoms with E-state index in [2.05, 4.69) is 20.2 Å². The van der Waals surface area contributed by atoms with Gasteiger partial charge in [-0.3, -0.25) is 4.79 Å². The van der Waals surface area contributed by atoms with Gasteiger partial charge in [-0.15, -0.1) is 0 Å². The fourth-order valence-electron chi connectivity index (χ4n) is 4.25. The zero-order chi connectivity index (χ0) is 23.3. The first kappa shape index (κ1) is 23.5. The highest BCUT2D eigenvalue weighted by molar-refractivity contribution is 7.89. The maximum atomic E-state index is 12.8. The molecule has 1 aliphatic heterocycles. The van der Waals surface area contributed by atoms with Crippen molar-refractivity contribution in [3.8, 4) is 11.5 Å². The molecule has 10 nitrogen and oxygen atoms in total. The van der Waals surface area contributed by atoms with Crippen LogP contribution in [0.15, 0.2) is 27.6 Å². The number of amides is 1. The fourth-order valence-corrected chi connectivity index (χ4v) is 5.30. The Morgan fingerprint density at radius 3 is 2.48 bits per heavy atom. The van der Waals surface area contributed by atoms with E-state index < -0.39 is 15.6 Å². The standard InChI is InChI=1S/C22H30N4O6S/c1-16-24-21(26-32-16)22(10-4-2-3-5-11-22)25-20(27)9-12-23-33(28,29)17-7-8-18-19(15-17)31-14-6-13-30-18/h7-8,15,23H,2-6,9-14H2,1H3,(H,25,27). The molecule has 0 bridgehead atoms. The number of carbonyl (C=O) groups excluding carboxylic acids is 1. The lowest BCUT2D eigenvalue weighted by molar-refractivity contribution is -0.123. The van der Waals surface area contributed by atoms with Gasteiger partial charge < -0.3 is 19.3 Å². The number of hydrogen-bond acceptors (Lipinski definition) is 8. The predicted octanol–water partition coefficient (Wildman–Crippen LogP) is 2.57. The average Bonchev–Trinajstić information content (AvgIpc) is 2.97. The van der Waals surface area contributed by atoms with Gasteiger partial charge in [-0.1, -0.05) is 30.8 Å². The number of aromatic nitrogens is 2. The predicted molar refractivity (Wildman–Crippen MR) is 118 cm³/mol. The van der Waals surface area contributed by atoms with Crippen LogP contribution in [0.3, 0.4) is 0 Å². The highest BCUT2D eigenvalue weighted by atomic mass is 32.2. The van der Waals surface area contributed by atoms with Crippen molar-refractivity contribution >= 4 is 15.9 Å². The van der Waals surface area contributed by atoms with Crippen LogP contribution in [0.1, 0.15) is 63.1 Å². The van der Waals surface area contributed by atoms with Crippen molar-refractivity contribution in [1.29, 1.82) is 0 Å². The maximum Gasteiger partial charge on any atom is 0.240 e. The Morgan fingerprint density at radius 2 is 1.79 bits per heavy atom. The Hall–Kier alpha value is -2.66. The molecule has 33 heavy (non-hydrogen) atoms. The highest BCUT2D eigenvalue weighted by Crippen LogP contribution is 2.35. The van der Waals surface area contributed by atoms with E-state index >= 15 is 0 Å². The summed E-state index contributed by atoms with van der Waals surface area (Å²) in [7, 11) is -3.81. The summed E-state index contributed by atoms with van der Waals surface area (Å²) in [4.78, 5) is 17.2. The van der Waals surface area contributed by atoms with Crippen LogP contribution >= 0.6 is 0 Å². The van der Waals surface area contributed by atoms with E-state index in [9.17, 15) is 13.2 Å². The third-order valence-corrected chi connectivity index (χ3v) is 7.42. The lowest BCUT2D eigenvalue weighted by Gasteiger charge is -2.30. The van der Waals surface area contributed by atoms with Gasteiger partial charge in [0.1, 0.15) is 5.54 Å². The Balaban J connectivity index is 1.38. The Bertz CT molecular complexity index is 1080. The second-order valence-corrected chi connectivity index (χ2v) is 10.3. The largest absolute Gasteiger partial charge is 0.490 e. The normalized spacial score (nSPS) is 18.2. The minimum atomic E-state index is -3.81.